The summed E-state index contributed by atoms with van der Waals surface area (Å²) < 4.78 is 10.8. The third-order valence-corrected chi connectivity index (χ3v) is 5.72. The van der Waals surface area contributed by atoms with E-state index < -0.39 is 17.7 Å². The maximum atomic E-state index is 13.2. The molecule has 0 aliphatic carbocycles. The fourth-order valence-corrected chi connectivity index (χ4v) is 4.13. The van der Waals surface area contributed by atoms with Crippen molar-refractivity contribution in [3.8, 4) is 11.5 Å². The van der Waals surface area contributed by atoms with Gasteiger partial charge in [-0.3, -0.25) is 14.6 Å². The monoisotopic (exact) mass is 444 g/mol. The zero-order valence-corrected chi connectivity index (χ0v) is 18.6. The lowest BCUT2D eigenvalue weighted by Crippen LogP contribution is -2.29. The third kappa shape index (κ3) is 4.05. The van der Waals surface area contributed by atoms with E-state index >= 15 is 0 Å². The van der Waals surface area contributed by atoms with Crippen molar-refractivity contribution in [3.05, 3.63) is 94.8 Å². The summed E-state index contributed by atoms with van der Waals surface area (Å²) in [7, 11) is 3.09. The molecule has 4 rings (SSSR count). The summed E-state index contributed by atoms with van der Waals surface area (Å²) in [6.45, 7) is 1.99. The van der Waals surface area contributed by atoms with Crippen molar-refractivity contribution < 1.29 is 24.2 Å². The highest BCUT2D eigenvalue weighted by Crippen LogP contribution is 2.43. The molecule has 2 heterocycles. The highest BCUT2D eigenvalue weighted by atomic mass is 16.5. The number of amides is 1. The van der Waals surface area contributed by atoms with Crippen LogP contribution in [-0.4, -0.2) is 40.9 Å². The van der Waals surface area contributed by atoms with E-state index in [0.29, 0.717) is 22.6 Å². The molecule has 1 aliphatic heterocycles. The Bertz CT molecular complexity index is 1240. The van der Waals surface area contributed by atoms with Gasteiger partial charge in [0.25, 0.3) is 11.7 Å². The van der Waals surface area contributed by atoms with Gasteiger partial charge < -0.3 is 19.5 Å². The largest absolute Gasteiger partial charge is 0.507 e. The summed E-state index contributed by atoms with van der Waals surface area (Å²) in [6, 6.07) is 15.0. The number of aliphatic hydroxyl groups is 1. The number of carbonyl (C=O) groups excluding carboxylic acids is 2. The molecule has 168 valence electrons. The molecule has 0 spiro atoms. The average Bonchev–Trinajstić information content (AvgIpc) is 3.09. The molecule has 1 amide bonds. The third-order valence-electron chi connectivity index (χ3n) is 5.72. The van der Waals surface area contributed by atoms with E-state index in [0.717, 1.165) is 11.1 Å². The minimum Gasteiger partial charge on any atom is -0.507 e. The number of aromatic nitrogens is 1. The van der Waals surface area contributed by atoms with Crippen LogP contribution in [0.4, 0.5) is 0 Å². The predicted octanol–water partition coefficient (Wildman–Crippen LogP) is 4.03. The van der Waals surface area contributed by atoms with Gasteiger partial charge in [0.15, 0.2) is 0 Å². The first-order valence-corrected chi connectivity index (χ1v) is 10.4. The predicted molar refractivity (Wildman–Crippen MR) is 123 cm³/mol. The van der Waals surface area contributed by atoms with Crippen molar-refractivity contribution in [2.45, 2.75) is 19.5 Å². The van der Waals surface area contributed by atoms with Gasteiger partial charge in [0.05, 0.1) is 25.8 Å². The van der Waals surface area contributed by atoms with Gasteiger partial charge in [-0.1, -0.05) is 24.3 Å². The molecule has 1 aromatic heterocycles. The van der Waals surface area contributed by atoms with Gasteiger partial charge in [-0.05, 0) is 48.4 Å². The number of para-hydroxylation sites is 1. The van der Waals surface area contributed by atoms with Crippen LogP contribution in [-0.2, 0) is 16.1 Å². The van der Waals surface area contributed by atoms with Crippen molar-refractivity contribution in [3.63, 3.8) is 0 Å². The average molecular weight is 444 g/mol. The van der Waals surface area contributed by atoms with Crippen molar-refractivity contribution in [2.75, 3.05) is 14.2 Å². The van der Waals surface area contributed by atoms with Crippen molar-refractivity contribution in [1.82, 2.24) is 9.88 Å². The molecule has 7 nitrogen and oxygen atoms in total. The van der Waals surface area contributed by atoms with Crippen molar-refractivity contribution in [2.24, 2.45) is 0 Å². The zero-order chi connectivity index (χ0) is 23.5. The molecule has 0 bridgehead atoms. The summed E-state index contributed by atoms with van der Waals surface area (Å²) in [5.74, 6) is -0.520. The number of aryl methyl sites for hydroxylation is 1. The molecule has 33 heavy (non-hydrogen) atoms. The number of Topliss-reactive ketones (excluding diaryl/α,β-unsaturated/α-hetero) is 1. The molecule has 1 fully saturated rings. The number of ether oxygens (including phenoxy) is 2. The maximum absolute atomic E-state index is 13.2. The van der Waals surface area contributed by atoms with Gasteiger partial charge in [0.1, 0.15) is 17.3 Å². The normalized spacial score (nSPS) is 17.3. The summed E-state index contributed by atoms with van der Waals surface area (Å²) in [6.07, 6.45) is 3.28. The van der Waals surface area contributed by atoms with E-state index in [4.69, 9.17) is 9.47 Å². The number of carbonyl (C=O) groups is 2. The Morgan fingerprint density at radius 2 is 1.79 bits per heavy atom. The van der Waals surface area contributed by atoms with Gasteiger partial charge in [-0.15, -0.1) is 0 Å². The first-order chi connectivity index (χ1) is 16.0. The van der Waals surface area contributed by atoms with Gasteiger partial charge in [-0.2, -0.15) is 0 Å². The van der Waals surface area contributed by atoms with Crippen LogP contribution in [0.2, 0.25) is 0 Å². The fraction of sp³-hybridized carbons (Fsp3) is 0.192. The standard InChI is InChI=1S/C26H24N2O5/c1-16-13-18(10-11-20(16)32-2)24(29)22-23(19-8-4-5-9-21(19)33-3)28(26(31)25(22)30)15-17-7-6-12-27-14-17/h4-14,23,29H,15H2,1-3H3/b24-22+. The Morgan fingerprint density at radius 3 is 2.45 bits per heavy atom. The minimum absolute atomic E-state index is 0.0120. The Kier molecular flexibility index (Phi) is 6.13. The van der Waals surface area contributed by atoms with Crippen molar-refractivity contribution >= 4 is 17.4 Å². The highest BCUT2D eigenvalue weighted by Gasteiger charge is 2.47. The lowest BCUT2D eigenvalue weighted by molar-refractivity contribution is -0.140. The van der Waals surface area contributed by atoms with Crippen LogP contribution < -0.4 is 9.47 Å². The lowest BCUT2D eigenvalue weighted by atomic mass is 9.94. The van der Waals surface area contributed by atoms with E-state index in [9.17, 15) is 14.7 Å². The fourth-order valence-electron chi connectivity index (χ4n) is 4.13. The number of likely N-dealkylation sites (tertiary alicyclic amines) is 1. The van der Waals surface area contributed by atoms with E-state index in [1.807, 2.05) is 19.1 Å². The molecule has 1 aliphatic rings. The summed E-state index contributed by atoms with van der Waals surface area (Å²) in [5, 5.41) is 11.3. The topological polar surface area (TPSA) is 89.0 Å². The molecule has 3 aromatic rings. The molecule has 0 radical (unpaired) electrons. The molecular weight excluding hydrogens is 420 g/mol. The van der Waals surface area contributed by atoms with Crippen LogP contribution in [0.3, 0.4) is 0 Å². The smallest absolute Gasteiger partial charge is 0.295 e. The van der Waals surface area contributed by atoms with E-state index in [1.54, 1.807) is 62.0 Å². The maximum Gasteiger partial charge on any atom is 0.295 e. The summed E-state index contributed by atoms with van der Waals surface area (Å²) >= 11 is 0. The van der Waals surface area contributed by atoms with Crippen LogP contribution in [0, 0.1) is 6.92 Å². The number of hydrogen-bond acceptors (Lipinski definition) is 6. The van der Waals surface area contributed by atoms with Gasteiger partial charge in [0, 0.05) is 30.1 Å². The Labute approximate surface area is 191 Å². The minimum atomic E-state index is -0.830. The number of nitrogens with zero attached hydrogens (tertiary/aromatic N) is 2. The van der Waals surface area contributed by atoms with Gasteiger partial charge in [-0.25, -0.2) is 0 Å². The lowest BCUT2D eigenvalue weighted by Gasteiger charge is -2.26. The Hall–Kier alpha value is -4.13. The number of hydrogen-bond donors (Lipinski definition) is 1. The molecule has 2 aromatic carbocycles. The first-order valence-electron chi connectivity index (χ1n) is 10.4. The molecule has 1 N–H and O–H groups in total. The second-order valence-electron chi connectivity index (χ2n) is 7.71. The van der Waals surface area contributed by atoms with E-state index in [1.165, 1.54) is 12.0 Å². The number of benzene rings is 2. The van der Waals surface area contributed by atoms with E-state index in [2.05, 4.69) is 4.98 Å². The molecule has 0 saturated carbocycles. The van der Waals surface area contributed by atoms with Crippen molar-refractivity contribution in [1.29, 1.82) is 0 Å². The summed E-state index contributed by atoms with van der Waals surface area (Å²) in [4.78, 5) is 31.9. The molecular formula is C26H24N2O5. The van der Waals surface area contributed by atoms with Gasteiger partial charge >= 0.3 is 0 Å². The Balaban J connectivity index is 1.90. The zero-order valence-electron chi connectivity index (χ0n) is 18.6. The van der Waals surface area contributed by atoms with Crippen LogP contribution in [0.5, 0.6) is 11.5 Å². The van der Waals surface area contributed by atoms with Crippen LogP contribution in [0.1, 0.15) is 28.3 Å². The number of methoxy groups -OCH3 is 2. The van der Waals surface area contributed by atoms with E-state index in [-0.39, 0.29) is 17.9 Å². The van der Waals surface area contributed by atoms with Crippen LogP contribution in [0.25, 0.3) is 5.76 Å². The van der Waals surface area contributed by atoms with Crippen LogP contribution >= 0.6 is 0 Å². The molecule has 1 atom stereocenters. The summed E-state index contributed by atoms with van der Waals surface area (Å²) in [5.41, 5.74) is 2.60. The first kappa shape index (κ1) is 22.1. The number of rotatable bonds is 6. The SMILES string of the molecule is COc1ccc(/C(O)=C2\C(=O)C(=O)N(Cc3cccnc3)C2c2ccccc2OC)cc1C. The van der Waals surface area contributed by atoms with Crippen LogP contribution in [0.15, 0.2) is 72.6 Å². The quantitative estimate of drug-likeness (QED) is 0.351. The molecule has 7 heteroatoms. The highest BCUT2D eigenvalue weighted by molar-refractivity contribution is 6.46. The Morgan fingerprint density at radius 1 is 1.03 bits per heavy atom. The number of pyridine rings is 1. The molecule has 1 unspecified atom stereocenters. The second-order valence-corrected chi connectivity index (χ2v) is 7.71. The second kappa shape index (κ2) is 9.16. The number of ketones is 1. The van der Waals surface area contributed by atoms with Gasteiger partial charge in [0.2, 0.25) is 0 Å². The molecule has 1 saturated heterocycles. The number of aliphatic hydroxyl groups excluding tert-OH is 1.